The molecule has 132 valence electrons. The van der Waals surface area contributed by atoms with Gasteiger partial charge in [0.2, 0.25) is 5.91 Å². The van der Waals surface area contributed by atoms with Crippen molar-refractivity contribution in [2.75, 3.05) is 5.75 Å². The molecule has 7 nitrogen and oxygen atoms in total. The van der Waals surface area contributed by atoms with Crippen molar-refractivity contribution >= 4 is 35.5 Å². The van der Waals surface area contributed by atoms with Crippen molar-refractivity contribution in [3.05, 3.63) is 35.6 Å². The molecule has 3 amide bonds. The smallest absolute Gasteiger partial charge is 0.328 e. The van der Waals surface area contributed by atoms with E-state index in [0.717, 1.165) is 0 Å². The standard InChI is InChI=1S/C16H15FN2O5S/c1-9(20)18-12(16(23)24-19-13(21)6-7-14(19)22)8-25-15(18)10-2-4-11(17)5-3-10/h2-5,12,15H,6-8H2,1H3/t12-,15+/m0/s1. The second-order valence-electron chi connectivity index (χ2n) is 5.67. The topological polar surface area (TPSA) is 84.0 Å². The lowest BCUT2D eigenvalue weighted by Crippen LogP contribution is -2.45. The first-order chi connectivity index (χ1) is 11.9. The van der Waals surface area contributed by atoms with Gasteiger partial charge in [0.05, 0.1) is 0 Å². The van der Waals surface area contributed by atoms with Gasteiger partial charge in [-0.1, -0.05) is 12.1 Å². The predicted molar refractivity (Wildman–Crippen MR) is 85.1 cm³/mol. The van der Waals surface area contributed by atoms with Crippen molar-refractivity contribution in [3.8, 4) is 0 Å². The number of carbonyl (C=O) groups is 4. The van der Waals surface area contributed by atoms with Gasteiger partial charge >= 0.3 is 5.97 Å². The molecule has 9 heteroatoms. The van der Waals surface area contributed by atoms with E-state index in [1.54, 1.807) is 12.1 Å². The number of carbonyl (C=O) groups excluding carboxylic acids is 4. The van der Waals surface area contributed by atoms with Crippen molar-refractivity contribution in [2.45, 2.75) is 31.2 Å². The summed E-state index contributed by atoms with van der Waals surface area (Å²) in [6.07, 6.45) is 0.000312. The first kappa shape index (κ1) is 17.4. The Labute approximate surface area is 147 Å². The maximum absolute atomic E-state index is 13.1. The fourth-order valence-corrected chi connectivity index (χ4v) is 4.23. The zero-order chi connectivity index (χ0) is 18.1. The van der Waals surface area contributed by atoms with Crippen molar-refractivity contribution < 1.29 is 28.4 Å². The fourth-order valence-electron chi connectivity index (χ4n) is 2.77. The highest BCUT2D eigenvalue weighted by Crippen LogP contribution is 2.41. The fraction of sp³-hybridized carbons (Fsp3) is 0.375. The number of hydroxylamine groups is 2. The van der Waals surface area contributed by atoms with Crippen LogP contribution in [0.15, 0.2) is 24.3 Å². The molecule has 0 saturated carbocycles. The molecular weight excluding hydrogens is 351 g/mol. The minimum atomic E-state index is -0.932. The molecule has 2 heterocycles. The summed E-state index contributed by atoms with van der Waals surface area (Å²) < 4.78 is 13.1. The van der Waals surface area contributed by atoms with Crippen molar-refractivity contribution in [2.24, 2.45) is 0 Å². The average molecular weight is 366 g/mol. The van der Waals surface area contributed by atoms with E-state index >= 15 is 0 Å². The summed E-state index contributed by atoms with van der Waals surface area (Å²) >= 11 is 1.33. The number of nitrogens with zero attached hydrogens (tertiary/aromatic N) is 2. The van der Waals surface area contributed by atoms with E-state index in [1.165, 1.54) is 35.7 Å². The van der Waals surface area contributed by atoms with Crippen molar-refractivity contribution in [1.29, 1.82) is 0 Å². The minimum absolute atomic E-state index is 0.000156. The van der Waals surface area contributed by atoms with Gasteiger partial charge in [0.25, 0.3) is 11.8 Å². The van der Waals surface area contributed by atoms with Crippen molar-refractivity contribution in [3.63, 3.8) is 0 Å². The Balaban J connectivity index is 1.78. The molecule has 0 N–H and O–H groups in total. The Morgan fingerprint density at radius 1 is 1.16 bits per heavy atom. The van der Waals surface area contributed by atoms with Gasteiger partial charge in [-0.2, -0.15) is 0 Å². The first-order valence-corrected chi connectivity index (χ1v) is 8.67. The second-order valence-corrected chi connectivity index (χ2v) is 6.78. The number of amides is 3. The molecule has 2 atom stereocenters. The molecule has 0 aliphatic carbocycles. The van der Waals surface area contributed by atoms with E-state index in [9.17, 15) is 23.6 Å². The minimum Gasteiger partial charge on any atom is -0.328 e. The van der Waals surface area contributed by atoms with E-state index in [4.69, 9.17) is 4.84 Å². The third-order valence-electron chi connectivity index (χ3n) is 3.98. The molecule has 1 aromatic carbocycles. The summed E-state index contributed by atoms with van der Waals surface area (Å²) in [5.41, 5.74) is 0.672. The second kappa shape index (κ2) is 6.83. The molecule has 0 radical (unpaired) electrons. The summed E-state index contributed by atoms with van der Waals surface area (Å²) in [6, 6.07) is 4.72. The predicted octanol–water partition coefficient (Wildman–Crippen LogP) is 1.40. The number of rotatable bonds is 3. The largest absolute Gasteiger partial charge is 0.356 e. The number of halogens is 1. The van der Waals surface area contributed by atoms with Gasteiger partial charge < -0.3 is 9.74 Å². The summed E-state index contributed by atoms with van der Waals surface area (Å²) in [5.74, 6) is -2.50. The van der Waals surface area contributed by atoms with Crippen LogP contribution in [0.2, 0.25) is 0 Å². The van der Waals surface area contributed by atoms with Crippen molar-refractivity contribution in [1.82, 2.24) is 9.96 Å². The molecule has 2 saturated heterocycles. The van der Waals surface area contributed by atoms with Crippen LogP contribution >= 0.6 is 11.8 Å². The van der Waals surface area contributed by atoms with Crippen LogP contribution in [-0.2, 0) is 24.0 Å². The lowest BCUT2D eigenvalue weighted by molar-refractivity contribution is -0.200. The van der Waals surface area contributed by atoms with Gasteiger partial charge in [-0.3, -0.25) is 14.4 Å². The Hall–Kier alpha value is -2.42. The van der Waals surface area contributed by atoms with Gasteiger partial charge in [-0.25, -0.2) is 9.18 Å². The van der Waals surface area contributed by atoms with E-state index in [1.807, 2.05) is 0 Å². The van der Waals surface area contributed by atoms with E-state index < -0.39 is 35.0 Å². The molecule has 0 unspecified atom stereocenters. The quantitative estimate of drug-likeness (QED) is 0.752. The van der Waals surface area contributed by atoms with Crippen LogP contribution in [0.5, 0.6) is 0 Å². The Morgan fingerprint density at radius 3 is 2.32 bits per heavy atom. The molecule has 0 aromatic heterocycles. The SMILES string of the molecule is CC(=O)N1[C@@H](c2ccc(F)cc2)SC[C@H]1C(=O)ON1C(=O)CCC1=O. The number of thioether (sulfide) groups is 1. The van der Waals surface area contributed by atoms with E-state index in [0.29, 0.717) is 10.6 Å². The normalized spacial score (nSPS) is 23.3. The van der Waals surface area contributed by atoms with Gasteiger partial charge in [-0.15, -0.1) is 16.8 Å². The lowest BCUT2D eigenvalue weighted by atomic mass is 10.1. The van der Waals surface area contributed by atoms with Gasteiger partial charge in [0.15, 0.2) is 0 Å². The molecule has 0 spiro atoms. The van der Waals surface area contributed by atoms with Crippen LogP contribution < -0.4 is 0 Å². The summed E-state index contributed by atoms with van der Waals surface area (Å²) in [5, 5.41) is -0.00285. The number of hydrogen-bond acceptors (Lipinski definition) is 6. The summed E-state index contributed by atoms with van der Waals surface area (Å²) in [7, 11) is 0. The maximum Gasteiger partial charge on any atom is 0.356 e. The maximum atomic E-state index is 13.1. The Bertz CT molecular complexity index is 723. The molecule has 2 aliphatic rings. The summed E-state index contributed by atoms with van der Waals surface area (Å²) in [4.78, 5) is 53.9. The zero-order valence-corrected chi connectivity index (χ0v) is 14.1. The van der Waals surface area contributed by atoms with Crippen LogP contribution in [0.25, 0.3) is 0 Å². The monoisotopic (exact) mass is 366 g/mol. The Morgan fingerprint density at radius 2 is 1.76 bits per heavy atom. The van der Waals surface area contributed by atoms with Crippen LogP contribution in [0.1, 0.15) is 30.7 Å². The van der Waals surface area contributed by atoms with Gasteiger partial charge in [-0.05, 0) is 17.7 Å². The molecule has 3 rings (SSSR count). The van der Waals surface area contributed by atoms with E-state index in [2.05, 4.69) is 0 Å². The van der Waals surface area contributed by atoms with Crippen LogP contribution in [0, 0.1) is 5.82 Å². The summed E-state index contributed by atoms with van der Waals surface area (Å²) in [6.45, 7) is 1.31. The van der Waals surface area contributed by atoms with Gasteiger partial charge in [0.1, 0.15) is 17.2 Å². The molecule has 1 aromatic rings. The van der Waals surface area contributed by atoms with Crippen LogP contribution in [-0.4, -0.2) is 45.4 Å². The molecule has 0 bridgehead atoms. The highest BCUT2D eigenvalue weighted by Gasteiger charge is 2.44. The highest BCUT2D eigenvalue weighted by molar-refractivity contribution is 7.99. The molecule has 2 fully saturated rings. The average Bonchev–Trinajstić information content (AvgIpc) is 3.14. The van der Waals surface area contributed by atoms with Crippen LogP contribution in [0.3, 0.4) is 0 Å². The third kappa shape index (κ3) is 3.37. The third-order valence-corrected chi connectivity index (χ3v) is 5.30. The number of benzene rings is 1. The molecular formula is C16H15FN2O5S. The lowest BCUT2D eigenvalue weighted by Gasteiger charge is -2.27. The molecule has 2 aliphatic heterocycles. The first-order valence-electron chi connectivity index (χ1n) is 7.62. The zero-order valence-electron chi connectivity index (χ0n) is 13.3. The van der Waals surface area contributed by atoms with E-state index in [-0.39, 0.29) is 24.5 Å². The Kier molecular flexibility index (Phi) is 4.76. The number of imide groups is 1. The van der Waals surface area contributed by atoms with Gasteiger partial charge in [0, 0.05) is 25.5 Å². The molecule has 25 heavy (non-hydrogen) atoms. The highest BCUT2D eigenvalue weighted by atomic mass is 32.2. The number of hydrogen-bond donors (Lipinski definition) is 0. The van der Waals surface area contributed by atoms with Crippen LogP contribution in [0.4, 0.5) is 4.39 Å².